The smallest absolute Gasteiger partial charge is 0.266 e. The summed E-state index contributed by atoms with van der Waals surface area (Å²) in [7, 11) is 0. The Bertz CT molecular complexity index is 603. The molecule has 3 aliphatic rings. The number of hydrogen-bond acceptors (Lipinski definition) is 3. The van der Waals surface area contributed by atoms with E-state index < -0.39 is 34.9 Å². The fourth-order valence-corrected chi connectivity index (χ4v) is 3.57. The SMILES string of the molecule is O=C(NCC1(O)CN2CCC1CC2)c1cccc(C(F)F)c1F. The monoisotopic (exact) mass is 328 g/mol. The van der Waals surface area contributed by atoms with Gasteiger partial charge < -0.3 is 15.3 Å². The summed E-state index contributed by atoms with van der Waals surface area (Å²) in [5.41, 5.74) is -2.25. The second-order valence-electron chi connectivity index (χ2n) is 6.35. The lowest BCUT2D eigenvalue weighted by Gasteiger charge is -2.50. The highest BCUT2D eigenvalue weighted by molar-refractivity contribution is 5.94. The molecule has 7 heteroatoms. The van der Waals surface area contributed by atoms with Crippen molar-refractivity contribution in [3.05, 3.63) is 35.1 Å². The molecule has 0 saturated carbocycles. The predicted molar refractivity (Wildman–Crippen MR) is 77.8 cm³/mol. The van der Waals surface area contributed by atoms with Gasteiger partial charge in [0.2, 0.25) is 0 Å². The zero-order valence-electron chi connectivity index (χ0n) is 12.6. The van der Waals surface area contributed by atoms with E-state index in [4.69, 9.17) is 0 Å². The third kappa shape index (κ3) is 3.07. The molecule has 1 amide bonds. The summed E-state index contributed by atoms with van der Waals surface area (Å²) in [6, 6.07) is 3.34. The van der Waals surface area contributed by atoms with E-state index in [0.717, 1.165) is 38.1 Å². The molecule has 3 aliphatic heterocycles. The summed E-state index contributed by atoms with van der Waals surface area (Å²) in [5, 5.41) is 13.2. The molecule has 1 aromatic carbocycles. The average Bonchev–Trinajstić information content (AvgIpc) is 2.53. The molecule has 1 unspecified atom stereocenters. The standard InChI is InChI=1S/C16H19F3N2O2/c17-13-11(14(18)19)2-1-3-12(13)15(22)20-8-16(23)9-21-6-4-10(16)5-7-21/h1-3,10,14,23H,4-9H2,(H,20,22). The minimum atomic E-state index is -2.98. The molecule has 0 aromatic heterocycles. The molecule has 4 rings (SSSR count). The van der Waals surface area contributed by atoms with Crippen LogP contribution < -0.4 is 5.32 Å². The summed E-state index contributed by atoms with van der Waals surface area (Å²) in [4.78, 5) is 14.2. The van der Waals surface area contributed by atoms with Gasteiger partial charge in [-0.2, -0.15) is 0 Å². The number of rotatable bonds is 4. The molecule has 0 radical (unpaired) electrons. The summed E-state index contributed by atoms with van der Waals surface area (Å²) in [5.74, 6) is -1.89. The first kappa shape index (κ1) is 16.3. The molecular weight excluding hydrogens is 309 g/mol. The first-order valence-electron chi connectivity index (χ1n) is 7.70. The van der Waals surface area contributed by atoms with Crippen molar-refractivity contribution in [2.45, 2.75) is 24.9 Å². The molecule has 2 N–H and O–H groups in total. The second-order valence-corrected chi connectivity index (χ2v) is 6.35. The highest BCUT2D eigenvalue weighted by Crippen LogP contribution is 2.35. The van der Waals surface area contributed by atoms with Crippen molar-refractivity contribution in [2.24, 2.45) is 5.92 Å². The van der Waals surface area contributed by atoms with Gasteiger partial charge in [-0.25, -0.2) is 13.2 Å². The summed E-state index contributed by atoms with van der Waals surface area (Å²) >= 11 is 0. The van der Waals surface area contributed by atoms with Crippen LogP contribution in [0.15, 0.2) is 18.2 Å². The molecule has 3 heterocycles. The van der Waals surface area contributed by atoms with Crippen molar-refractivity contribution in [1.82, 2.24) is 10.2 Å². The Hall–Kier alpha value is -1.60. The zero-order valence-corrected chi connectivity index (χ0v) is 12.6. The molecule has 4 nitrogen and oxygen atoms in total. The van der Waals surface area contributed by atoms with Crippen LogP contribution in [0.1, 0.15) is 35.2 Å². The van der Waals surface area contributed by atoms with E-state index in [1.807, 2.05) is 0 Å². The number of hydrogen-bond donors (Lipinski definition) is 2. The van der Waals surface area contributed by atoms with Crippen LogP contribution in [-0.2, 0) is 0 Å². The first-order valence-corrected chi connectivity index (χ1v) is 7.70. The van der Waals surface area contributed by atoms with Gasteiger partial charge >= 0.3 is 0 Å². The van der Waals surface area contributed by atoms with Crippen LogP contribution in [-0.4, -0.2) is 47.7 Å². The Morgan fingerprint density at radius 1 is 1.39 bits per heavy atom. The fraction of sp³-hybridized carbons (Fsp3) is 0.562. The Balaban J connectivity index is 1.69. The lowest BCUT2D eigenvalue weighted by molar-refractivity contribution is -0.108. The number of carbonyl (C=O) groups excluding carboxylic acids is 1. The van der Waals surface area contributed by atoms with Crippen LogP contribution in [0.25, 0.3) is 0 Å². The van der Waals surface area contributed by atoms with Crippen LogP contribution in [0.5, 0.6) is 0 Å². The van der Waals surface area contributed by atoms with Gasteiger partial charge in [-0.05, 0) is 37.9 Å². The Morgan fingerprint density at radius 3 is 2.65 bits per heavy atom. The molecule has 3 fully saturated rings. The minimum Gasteiger partial charge on any atom is -0.386 e. The minimum absolute atomic E-state index is 0.00859. The number of nitrogens with one attached hydrogen (secondary N) is 1. The van der Waals surface area contributed by atoms with Gasteiger partial charge in [-0.1, -0.05) is 12.1 Å². The van der Waals surface area contributed by atoms with Gasteiger partial charge in [0.1, 0.15) is 5.82 Å². The first-order chi connectivity index (χ1) is 10.9. The van der Waals surface area contributed by atoms with Crippen LogP contribution in [0.3, 0.4) is 0 Å². The lowest BCUT2D eigenvalue weighted by Crippen LogP contribution is -2.63. The van der Waals surface area contributed by atoms with Gasteiger partial charge in [0.25, 0.3) is 12.3 Å². The molecular formula is C16H19F3N2O2. The zero-order chi connectivity index (χ0) is 16.6. The Labute approximate surface area is 132 Å². The van der Waals surface area contributed by atoms with Crippen molar-refractivity contribution in [3.63, 3.8) is 0 Å². The summed E-state index contributed by atoms with van der Waals surface area (Å²) in [6.45, 7) is 2.33. The van der Waals surface area contributed by atoms with Gasteiger partial charge in [0.15, 0.2) is 0 Å². The van der Waals surface area contributed by atoms with Crippen LogP contribution in [0.4, 0.5) is 13.2 Å². The molecule has 0 spiro atoms. The molecule has 2 bridgehead atoms. The van der Waals surface area contributed by atoms with Gasteiger partial charge in [0.05, 0.1) is 16.7 Å². The molecule has 23 heavy (non-hydrogen) atoms. The topological polar surface area (TPSA) is 52.6 Å². The number of nitrogens with zero attached hydrogens (tertiary/aromatic N) is 1. The number of amides is 1. The Morgan fingerprint density at radius 2 is 2.09 bits per heavy atom. The third-order valence-electron chi connectivity index (χ3n) is 4.91. The highest BCUT2D eigenvalue weighted by atomic mass is 19.3. The van der Waals surface area contributed by atoms with E-state index in [1.54, 1.807) is 0 Å². The normalized spacial score (nSPS) is 29.8. The van der Waals surface area contributed by atoms with Crippen molar-refractivity contribution in [3.8, 4) is 0 Å². The molecule has 1 atom stereocenters. The van der Waals surface area contributed by atoms with Crippen LogP contribution in [0, 0.1) is 11.7 Å². The van der Waals surface area contributed by atoms with E-state index in [9.17, 15) is 23.1 Å². The van der Waals surface area contributed by atoms with E-state index >= 15 is 0 Å². The largest absolute Gasteiger partial charge is 0.386 e. The number of fused-ring (bicyclic) bond motifs is 3. The maximum Gasteiger partial charge on any atom is 0.266 e. The van der Waals surface area contributed by atoms with Crippen molar-refractivity contribution >= 4 is 5.91 Å². The maximum absolute atomic E-state index is 14.0. The van der Waals surface area contributed by atoms with Gasteiger partial charge in [-0.3, -0.25) is 4.79 Å². The fourth-order valence-electron chi connectivity index (χ4n) is 3.57. The quantitative estimate of drug-likeness (QED) is 0.888. The van der Waals surface area contributed by atoms with Gasteiger partial charge in [0, 0.05) is 13.1 Å². The van der Waals surface area contributed by atoms with Crippen LogP contribution in [0.2, 0.25) is 0 Å². The highest BCUT2D eigenvalue weighted by Gasteiger charge is 2.45. The van der Waals surface area contributed by atoms with Crippen molar-refractivity contribution < 1.29 is 23.1 Å². The number of alkyl halides is 2. The number of carbonyl (C=O) groups is 1. The number of benzene rings is 1. The predicted octanol–water partition coefficient (Wildman–Crippen LogP) is 1.95. The maximum atomic E-state index is 14.0. The number of aliphatic hydroxyl groups is 1. The third-order valence-corrected chi connectivity index (χ3v) is 4.91. The number of halogens is 3. The number of piperidine rings is 3. The van der Waals surface area contributed by atoms with E-state index in [2.05, 4.69) is 10.2 Å². The second kappa shape index (κ2) is 6.13. The molecule has 126 valence electrons. The molecule has 0 aliphatic carbocycles. The van der Waals surface area contributed by atoms with Crippen molar-refractivity contribution in [1.29, 1.82) is 0 Å². The van der Waals surface area contributed by atoms with E-state index in [-0.39, 0.29) is 12.5 Å². The average molecular weight is 328 g/mol. The molecule has 1 aromatic rings. The van der Waals surface area contributed by atoms with E-state index in [1.165, 1.54) is 6.07 Å². The van der Waals surface area contributed by atoms with E-state index in [0.29, 0.717) is 6.54 Å². The summed E-state index contributed by atoms with van der Waals surface area (Å²) < 4.78 is 39.4. The van der Waals surface area contributed by atoms with Gasteiger partial charge in [-0.15, -0.1) is 0 Å². The Kier molecular flexibility index (Phi) is 4.33. The summed E-state index contributed by atoms with van der Waals surface area (Å²) in [6.07, 6.45) is -1.25. The lowest BCUT2D eigenvalue weighted by atomic mass is 9.75. The molecule has 3 saturated heterocycles. The van der Waals surface area contributed by atoms with Crippen LogP contribution >= 0.6 is 0 Å². The van der Waals surface area contributed by atoms with Crippen molar-refractivity contribution in [2.75, 3.05) is 26.2 Å².